The number of nitrogens with two attached hydrogens (primary N) is 1. The number of nitrogen functional groups attached to an aromatic ring is 1. The summed E-state index contributed by atoms with van der Waals surface area (Å²) in [5, 5.41) is 17.1. The minimum absolute atomic E-state index is 0.0502. The van der Waals surface area contributed by atoms with Crippen LogP contribution in [0.3, 0.4) is 0 Å². The highest BCUT2D eigenvalue weighted by atomic mass is 16.2. The maximum Gasteiger partial charge on any atom is 0.317 e. The smallest absolute Gasteiger partial charge is 0.317 e. The molecule has 3 aromatic heterocycles. The number of amides is 2. The summed E-state index contributed by atoms with van der Waals surface area (Å²) in [5.74, 6) is 0.220. The lowest BCUT2D eigenvalue weighted by atomic mass is 9.82. The number of rotatable bonds is 3. The van der Waals surface area contributed by atoms with Gasteiger partial charge in [0.15, 0.2) is 0 Å². The lowest BCUT2D eigenvalue weighted by Gasteiger charge is -2.25. The molecule has 9 heteroatoms. The van der Waals surface area contributed by atoms with Gasteiger partial charge in [0, 0.05) is 54.9 Å². The highest BCUT2D eigenvalue weighted by molar-refractivity contribution is 5.75. The van der Waals surface area contributed by atoms with E-state index in [2.05, 4.69) is 27.4 Å². The normalized spacial score (nSPS) is 20.2. The number of pyridine rings is 2. The predicted octanol–water partition coefficient (Wildman–Crippen LogP) is 2.61. The number of carbonyl (C=O) groups excluding carboxylic acids is 1. The molecule has 0 saturated carbocycles. The number of nitrogens with one attached hydrogen (secondary N) is 1. The van der Waals surface area contributed by atoms with Crippen LogP contribution in [0.1, 0.15) is 42.6 Å². The molecular formula is C23H24N8O. The van der Waals surface area contributed by atoms with Gasteiger partial charge in [0.1, 0.15) is 11.9 Å². The van der Waals surface area contributed by atoms with Crippen LogP contribution in [-0.4, -0.2) is 43.8 Å². The molecular weight excluding hydrogens is 404 g/mol. The predicted molar refractivity (Wildman–Crippen MR) is 118 cm³/mol. The van der Waals surface area contributed by atoms with Crippen molar-refractivity contribution in [1.82, 2.24) is 30.0 Å². The number of fused-ring (bicyclic) bond motifs is 2. The Balaban J connectivity index is 1.33. The van der Waals surface area contributed by atoms with Gasteiger partial charge >= 0.3 is 6.03 Å². The molecule has 2 aliphatic rings. The Hall–Kier alpha value is -3.93. The number of hydrogen-bond donors (Lipinski definition) is 2. The molecule has 5 heterocycles. The Bertz CT molecular complexity index is 1210. The zero-order valence-corrected chi connectivity index (χ0v) is 17.8. The average Bonchev–Trinajstić information content (AvgIpc) is 3.51. The van der Waals surface area contributed by atoms with E-state index < -0.39 is 0 Å². The molecule has 2 amide bonds. The van der Waals surface area contributed by atoms with Crippen molar-refractivity contribution in [3.05, 3.63) is 59.7 Å². The Morgan fingerprint density at radius 2 is 2.06 bits per heavy atom. The fraction of sp³-hybridized carbons (Fsp3) is 0.348. The maximum atomic E-state index is 12.9. The first kappa shape index (κ1) is 20.0. The molecule has 2 atom stereocenters. The molecule has 1 saturated heterocycles. The summed E-state index contributed by atoms with van der Waals surface area (Å²) in [6.45, 7) is 4.16. The Morgan fingerprint density at radius 3 is 2.84 bits per heavy atom. The van der Waals surface area contributed by atoms with Gasteiger partial charge in [0.25, 0.3) is 0 Å². The monoisotopic (exact) mass is 428 g/mol. The molecule has 2 unspecified atom stereocenters. The van der Waals surface area contributed by atoms with Gasteiger partial charge in [-0.25, -0.2) is 9.78 Å². The molecule has 0 radical (unpaired) electrons. The van der Waals surface area contributed by atoms with Crippen molar-refractivity contribution in [2.75, 3.05) is 18.8 Å². The van der Waals surface area contributed by atoms with E-state index in [0.29, 0.717) is 18.7 Å². The summed E-state index contributed by atoms with van der Waals surface area (Å²) in [7, 11) is 0. The molecule has 2 aliphatic heterocycles. The van der Waals surface area contributed by atoms with Crippen LogP contribution in [0.2, 0.25) is 0 Å². The highest BCUT2D eigenvalue weighted by Crippen LogP contribution is 2.43. The first-order chi connectivity index (χ1) is 15.5. The first-order valence-electron chi connectivity index (χ1n) is 10.7. The van der Waals surface area contributed by atoms with E-state index in [4.69, 9.17) is 10.8 Å². The lowest BCUT2D eigenvalue weighted by molar-refractivity contribution is 0.202. The molecule has 5 rings (SSSR count). The number of nitriles is 1. The standard InChI is InChI=1S/C23H24N8O/c1-15(16-2-6-26-7-3-16)28-22(32)30-8-4-23(14-30)5-9-31-20(23)11-19(29-31)18-10-17(12-24)21(25)27-13-18/h2-3,6-7,10-11,13,15H,4-5,8-9,14H2,1H3,(H2,25,27)(H,28,32). The minimum atomic E-state index is -0.0954. The molecule has 0 bridgehead atoms. The van der Waals surface area contributed by atoms with Crippen LogP contribution in [0.5, 0.6) is 0 Å². The summed E-state index contributed by atoms with van der Waals surface area (Å²) in [4.78, 5) is 23.0. The number of likely N-dealkylation sites (tertiary alicyclic amines) is 1. The van der Waals surface area contributed by atoms with Crippen molar-refractivity contribution >= 4 is 11.8 Å². The number of anilines is 1. The Morgan fingerprint density at radius 1 is 1.28 bits per heavy atom. The molecule has 0 aliphatic carbocycles. The van der Waals surface area contributed by atoms with E-state index in [1.165, 1.54) is 0 Å². The molecule has 32 heavy (non-hydrogen) atoms. The van der Waals surface area contributed by atoms with E-state index in [9.17, 15) is 10.1 Å². The van der Waals surface area contributed by atoms with Crippen molar-refractivity contribution in [3.8, 4) is 17.3 Å². The zero-order valence-electron chi connectivity index (χ0n) is 17.8. The van der Waals surface area contributed by atoms with Gasteiger partial charge < -0.3 is 16.0 Å². The van der Waals surface area contributed by atoms with Crippen LogP contribution in [0.4, 0.5) is 10.6 Å². The second kappa shape index (κ2) is 7.64. The fourth-order valence-corrected chi connectivity index (χ4v) is 4.78. The van der Waals surface area contributed by atoms with Gasteiger partial charge in [0.2, 0.25) is 0 Å². The largest absolute Gasteiger partial charge is 0.383 e. The molecule has 3 aromatic rings. The zero-order chi connectivity index (χ0) is 22.3. The van der Waals surface area contributed by atoms with Crippen LogP contribution in [0.25, 0.3) is 11.3 Å². The molecule has 162 valence electrons. The summed E-state index contributed by atoms with van der Waals surface area (Å²) in [5.41, 5.74) is 9.72. The van der Waals surface area contributed by atoms with Gasteiger partial charge in [-0.15, -0.1) is 0 Å². The van der Waals surface area contributed by atoms with E-state index >= 15 is 0 Å². The van der Waals surface area contributed by atoms with Crippen molar-refractivity contribution in [1.29, 1.82) is 5.26 Å². The van der Waals surface area contributed by atoms with Crippen molar-refractivity contribution in [2.45, 2.75) is 37.8 Å². The van der Waals surface area contributed by atoms with Crippen LogP contribution < -0.4 is 11.1 Å². The highest BCUT2D eigenvalue weighted by Gasteiger charge is 2.47. The number of aromatic nitrogens is 4. The quantitative estimate of drug-likeness (QED) is 0.660. The summed E-state index contributed by atoms with van der Waals surface area (Å²) < 4.78 is 2.03. The number of urea groups is 1. The number of aryl methyl sites for hydroxylation is 1. The van der Waals surface area contributed by atoms with Crippen LogP contribution >= 0.6 is 0 Å². The second-order valence-electron chi connectivity index (χ2n) is 8.56. The van der Waals surface area contributed by atoms with E-state index in [-0.39, 0.29) is 23.3 Å². The lowest BCUT2D eigenvalue weighted by Crippen LogP contribution is -2.41. The first-order valence-corrected chi connectivity index (χ1v) is 10.7. The van der Waals surface area contributed by atoms with E-state index in [1.807, 2.05) is 28.6 Å². The molecule has 1 spiro atoms. The van der Waals surface area contributed by atoms with Crippen LogP contribution in [0, 0.1) is 11.3 Å². The molecule has 3 N–H and O–H groups in total. The number of hydrogen-bond acceptors (Lipinski definition) is 6. The van der Waals surface area contributed by atoms with Gasteiger partial charge in [-0.1, -0.05) is 0 Å². The molecule has 0 aromatic carbocycles. The van der Waals surface area contributed by atoms with Gasteiger partial charge in [0.05, 0.1) is 17.3 Å². The third-order valence-electron chi connectivity index (χ3n) is 6.65. The number of carbonyl (C=O) groups is 1. The summed E-state index contributed by atoms with van der Waals surface area (Å²) in [6.07, 6.45) is 6.98. The third kappa shape index (κ3) is 3.34. The van der Waals surface area contributed by atoms with Crippen molar-refractivity contribution in [3.63, 3.8) is 0 Å². The average molecular weight is 429 g/mol. The summed E-state index contributed by atoms with van der Waals surface area (Å²) >= 11 is 0. The van der Waals surface area contributed by atoms with Gasteiger partial charge in [-0.3, -0.25) is 9.67 Å². The maximum absolute atomic E-state index is 12.9. The Labute approximate surface area is 185 Å². The minimum Gasteiger partial charge on any atom is -0.383 e. The van der Waals surface area contributed by atoms with Gasteiger partial charge in [-0.2, -0.15) is 10.4 Å². The van der Waals surface area contributed by atoms with Gasteiger partial charge in [-0.05, 0) is 49.6 Å². The number of nitrogens with zero attached hydrogens (tertiary/aromatic N) is 6. The summed E-state index contributed by atoms with van der Waals surface area (Å²) in [6, 6.07) is 9.56. The van der Waals surface area contributed by atoms with Crippen molar-refractivity contribution in [2.24, 2.45) is 0 Å². The van der Waals surface area contributed by atoms with Crippen molar-refractivity contribution < 1.29 is 4.79 Å². The SMILES string of the molecule is CC(NC(=O)N1CCC2(CCn3nc(-c4cnc(N)c(C#N)c4)cc32)C1)c1ccncc1. The molecule has 1 fully saturated rings. The van der Waals surface area contributed by atoms with Crippen LogP contribution in [0.15, 0.2) is 42.9 Å². The fourth-order valence-electron chi connectivity index (χ4n) is 4.78. The van der Waals surface area contributed by atoms with E-state index in [0.717, 1.165) is 41.9 Å². The third-order valence-corrected chi connectivity index (χ3v) is 6.65. The Kier molecular flexibility index (Phi) is 4.78. The second-order valence-corrected chi connectivity index (χ2v) is 8.56. The van der Waals surface area contributed by atoms with E-state index in [1.54, 1.807) is 24.7 Å². The molecule has 9 nitrogen and oxygen atoms in total. The topological polar surface area (TPSA) is 126 Å². The van der Waals surface area contributed by atoms with Crippen LogP contribution in [-0.2, 0) is 12.0 Å².